The molecule has 10 heteroatoms. The highest BCUT2D eigenvalue weighted by Crippen LogP contribution is 2.36. The molecule has 0 saturated heterocycles. The number of rotatable bonds is 5. The predicted octanol–water partition coefficient (Wildman–Crippen LogP) is 2.56. The fraction of sp³-hybridized carbons (Fsp3) is 0.182. The number of nitrogens with zero attached hydrogens (tertiary/aromatic N) is 3. The zero-order valence-electron chi connectivity index (χ0n) is 10.7. The van der Waals surface area contributed by atoms with Crippen LogP contribution in [0.3, 0.4) is 0 Å². The Morgan fingerprint density at radius 2 is 2.14 bits per heavy atom. The van der Waals surface area contributed by atoms with Gasteiger partial charge in [-0.15, -0.1) is 10.2 Å². The summed E-state index contributed by atoms with van der Waals surface area (Å²) >= 11 is 7.85. The molecule has 0 atom stereocenters. The summed E-state index contributed by atoms with van der Waals surface area (Å²) in [6.45, 7) is 0. The molecule has 0 aliphatic heterocycles. The van der Waals surface area contributed by atoms with E-state index in [1.54, 1.807) is 23.8 Å². The summed E-state index contributed by atoms with van der Waals surface area (Å²) in [7, 11) is 1.55. The molecular formula is C11H10Br2N4O3S. The van der Waals surface area contributed by atoms with Gasteiger partial charge in [-0.2, -0.15) is 0 Å². The number of hydrogen-bond donors (Lipinski definition) is 2. The number of ether oxygens (including phenoxy) is 1. The Hall–Kier alpha value is -1.26. The van der Waals surface area contributed by atoms with Crippen molar-refractivity contribution in [1.82, 2.24) is 14.8 Å². The number of aliphatic carboxylic acids is 1. The van der Waals surface area contributed by atoms with Crippen LogP contribution in [-0.2, 0) is 4.79 Å². The van der Waals surface area contributed by atoms with Crippen LogP contribution in [0.15, 0.2) is 26.2 Å². The van der Waals surface area contributed by atoms with Crippen molar-refractivity contribution in [3.8, 4) is 11.4 Å². The van der Waals surface area contributed by atoms with Crippen LogP contribution in [0.1, 0.15) is 0 Å². The molecule has 0 aliphatic rings. The molecule has 2 aromatic rings. The fourth-order valence-corrected chi connectivity index (χ4v) is 3.58. The average molecular weight is 438 g/mol. The third-order valence-corrected chi connectivity index (χ3v) is 4.61. The SMILES string of the molecule is COc1cc(-n2c(N)nnc2SCC(=O)O)c(Br)cc1Br. The summed E-state index contributed by atoms with van der Waals surface area (Å²) in [4.78, 5) is 10.7. The van der Waals surface area contributed by atoms with Crippen LogP contribution in [0.4, 0.5) is 5.95 Å². The van der Waals surface area contributed by atoms with E-state index in [4.69, 9.17) is 15.6 Å². The van der Waals surface area contributed by atoms with E-state index in [2.05, 4.69) is 42.1 Å². The second kappa shape index (κ2) is 6.67. The summed E-state index contributed by atoms with van der Waals surface area (Å²) < 4.78 is 8.32. The lowest BCUT2D eigenvalue weighted by molar-refractivity contribution is -0.133. The standard InChI is InChI=1S/C11H10Br2N4O3S/c1-20-8-3-7(5(12)2-6(8)13)17-10(14)15-16-11(17)21-4-9(18)19/h2-3H,4H2,1H3,(H2,14,15)(H,18,19). The zero-order valence-corrected chi connectivity index (χ0v) is 14.7. The van der Waals surface area contributed by atoms with Gasteiger partial charge in [0.2, 0.25) is 5.95 Å². The summed E-state index contributed by atoms with van der Waals surface area (Å²) in [5.74, 6) is -0.312. The van der Waals surface area contributed by atoms with E-state index in [0.29, 0.717) is 16.6 Å². The number of carboxylic acids is 1. The number of aromatic nitrogens is 3. The van der Waals surface area contributed by atoms with E-state index in [0.717, 1.165) is 20.7 Å². The van der Waals surface area contributed by atoms with Gasteiger partial charge >= 0.3 is 5.97 Å². The number of thioether (sulfide) groups is 1. The van der Waals surface area contributed by atoms with E-state index in [1.165, 1.54) is 0 Å². The minimum atomic E-state index is -0.944. The van der Waals surface area contributed by atoms with Crippen LogP contribution in [0.5, 0.6) is 5.75 Å². The van der Waals surface area contributed by atoms with Crippen LogP contribution in [0.2, 0.25) is 0 Å². The van der Waals surface area contributed by atoms with Crippen LogP contribution >= 0.6 is 43.6 Å². The quantitative estimate of drug-likeness (QED) is 0.692. The summed E-state index contributed by atoms with van der Waals surface area (Å²) in [5.41, 5.74) is 6.49. The highest BCUT2D eigenvalue weighted by atomic mass is 79.9. The first-order valence-electron chi connectivity index (χ1n) is 5.53. The van der Waals surface area contributed by atoms with E-state index >= 15 is 0 Å². The number of nitrogen functional groups attached to an aromatic ring is 1. The van der Waals surface area contributed by atoms with E-state index < -0.39 is 5.97 Å². The van der Waals surface area contributed by atoms with Gasteiger partial charge in [-0.05, 0) is 37.9 Å². The van der Waals surface area contributed by atoms with Gasteiger partial charge in [0.15, 0.2) is 5.16 Å². The molecule has 112 valence electrons. The number of halogens is 2. The number of hydrogen-bond acceptors (Lipinski definition) is 6. The molecule has 2 rings (SSSR count). The third-order valence-electron chi connectivity index (χ3n) is 2.45. The monoisotopic (exact) mass is 436 g/mol. The van der Waals surface area contributed by atoms with E-state index in [-0.39, 0.29) is 11.7 Å². The highest BCUT2D eigenvalue weighted by Gasteiger charge is 2.17. The molecule has 0 saturated carbocycles. The topological polar surface area (TPSA) is 103 Å². The Morgan fingerprint density at radius 1 is 1.43 bits per heavy atom. The Bertz CT molecular complexity index is 692. The van der Waals surface area contributed by atoms with Gasteiger partial charge in [-0.3, -0.25) is 9.36 Å². The lowest BCUT2D eigenvalue weighted by Crippen LogP contribution is -2.05. The van der Waals surface area contributed by atoms with Gasteiger partial charge < -0.3 is 15.6 Å². The number of carboxylic acid groups (broad SMARTS) is 1. The predicted molar refractivity (Wildman–Crippen MR) is 86.1 cm³/mol. The minimum absolute atomic E-state index is 0.136. The second-order valence-corrected chi connectivity index (χ2v) is 6.45. The zero-order chi connectivity index (χ0) is 15.6. The van der Waals surface area contributed by atoms with Crippen LogP contribution in [0, 0.1) is 0 Å². The second-order valence-electron chi connectivity index (χ2n) is 3.80. The van der Waals surface area contributed by atoms with Crippen molar-refractivity contribution < 1.29 is 14.6 Å². The number of anilines is 1. The molecule has 0 spiro atoms. The van der Waals surface area contributed by atoms with Gasteiger partial charge in [0.25, 0.3) is 0 Å². The minimum Gasteiger partial charge on any atom is -0.495 e. The maximum Gasteiger partial charge on any atom is 0.313 e. The molecule has 0 aliphatic carbocycles. The molecule has 1 aromatic heterocycles. The number of carbonyl (C=O) groups is 1. The van der Waals surface area contributed by atoms with Crippen LogP contribution in [0.25, 0.3) is 5.69 Å². The Balaban J connectivity index is 2.51. The van der Waals surface area contributed by atoms with Crippen LogP contribution in [-0.4, -0.2) is 38.7 Å². The van der Waals surface area contributed by atoms with Crippen molar-refractivity contribution in [1.29, 1.82) is 0 Å². The maximum atomic E-state index is 10.7. The largest absolute Gasteiger partial charge is 0.495 e. The summed E-state index contributed by atoms with van der Waals surface area (Å²) in [5, 5.41) is 16.9. The molecule has 21 heavy (non-hydrogen) atoms. The fourth-order valence-electron chi connectivity index (χ4n) is 1.57. The van der Waals surface area contributed by atoms with Crippen molar-refractivity contribution in [3.05, 3.63) is 21.1 Å². The van der Waals surface area contributed by atoms with Crippen molar-refractivity contribution in [2.24, 2.45) is 0 Å². The first-order chi connectivity index (χ1) is 9.93. The van der Waals surface area contributed by atoms with Gasteiger partial charge in [0.1, 0.15) is 5.75 Å². The van der Waals surface area contributed by atoms with Crippen molar-refractivity contribution in [2.75, 3.05) is 18.6 Å². The number of benzene rings is 1. The van der Waals surface area contributed by atoms with Crippen molar-refractivity contribution in [3.63, 3.8) is 0 Å². The Labute approximate surface area is 141 Å². The normalized spacial score (nSPS) is 10.6. The molecule has 7 nitrogen and oxygen atoms in total. The Kier molecular flexibility index (Phi) is 5.12. The summed E-state index contributed by atoms with van der Waals surface area (Å²) in [6, 6.07) is 3.55. The molecule has 1 heterocycles. The van der Waals surface area contributed by atoms with Gasteiger partial charge in [0, 0.05) is 10.5 Å². The first kappa shape index (κ1) is 16.1. The Morgan fingerprint density at radius 3 is 2.76 bits per heavy atom. The van der Waals surface area contributed by atoms with E-state index in [1.807, 2.05) is 0 Å². The molecular weight excluding hydrogens is 428 g/mol. The van der Waals surface area contributed by atoms with Crippen molar-refractivity contribution >= 4 is 55.5 Å². The third kappa shape index (κ3) is 3.50. The molecule has 1 aromatic carbocycles. The lowest BCUT2D eigenvalue weighted by Gasteiger charge is -2.12. The lowest BCUT2D eigenvalue weighted by atomic mass is 10.3. The number of methoxy groups -OCH3 is 1. The van der Waals surface area contributed by atoms with Gasteiger partial charge in [0.05, 0.1) is 23.0 Å². The first-order valence-corrected chi connectivity index (χ1v) is 8.10. The average Bonchev–Trinajstić information content (AvgIpc) is 2.78. The summed E-state index contributed by atoms with van der Waals surface area (Å²) in [6.07, 6.45) is 0. The maximum absolute atomic E-state index is 10.7. The van der Waals surface area contributed by atoms with E-state index in [9.17, 15) is 4.79 Å². The number of nitrogens with two attached hydrogens (primary N) is 1. The van der Waals surface area contributed by atoms with Gasteiger partial charge in [-0.25, -0.2) is 0 Å². The molecule has 0 bridgehead atoms. The molecule has 0 amide bonds. The molecule has 0 radical (unpaired) electrons. The molecule has 3 N–H and O–H groups in total. The molecule has 0 unspecified atom stereocenters. The van der Waals surface area contributed by atoms with Crippen molar-refractivity contribution in [2.45, 2.75) is 5.16 Å². The van der Waals surface area contributed by atoms with Gasteiger partial charge in [-0.1, -0.05) is 11.8 Å². The smallest absolute Gasteiger partial charge is 0.313 e. The molecule has 0 fully saturated rings. The highest BCUT2D eigenvalue weighted by molar-refractivity contribution is 9.11. The van der Waals surface area contributed by atoms with Crippen LogP contribution < -0.4 is 10.5 Å².